The van der Waals surface area contributed by atoms with Crippen molar-refractivity contribution >= 4 is 27.8 Å². The van der Waals surface area contributed by atoms with Gasteiger partial charge in [-0.05, 0) is 43.7 Å². The van der Waals surface area contributed by atoms with Crippen molar-refractivity contribution in [2.75, 3.05) is 31.8 Å². The Labute approximate surface area is 247 Å². The number of carboxylic acid groups (broad SMARTS) is 2. The van der Waals surface area contributed by atoms with Gasteiger partial charge in [-0.1, -0.05) is 6.07 Å². The molecule has 12 nitrogen and oxygen atoms in total. The number of likely N-dealkylation sites (N-methyl/N-ethyl adjacent to an activating group) is 1. The van der Waals surface area contributed by atoms with Crippen LogP contribution in [0.1, 0.15) is 19.4 Å². The second kappa shape index (κ2) is 13.0. The summed E-state index contributed by atoms with van der Waals surface area (Å²) in [4.78, 5) is 26.9. The van der Waals surface area contributed by atoms with Gasteiger partial charge in [0.15, 0.2) is 11.5 Å². The molecular formula is C25H28F6N4O8S. The highest BCUT2D eigenvalue weighted by molar-refractivity contribution is 7.89. The predicted molar refractivity (Wildman–Crippen MR) is 140 cm³/mol. The molecule has 3 aliphatic heterocycles. The van der Waals surface area contributed by atoms with E-state index < -0.39 is 34.3 Å². The molecule has 2 N–H and O–H groups in total. The molecule has 0 radical (unpaired) electrons. The van der Waals surface area contributed by atoms with Crippen LogP contribution < -0.4 is 14.4 Å². The Morgan fingerprint density at radius 1 is 0.977 bits per heavy atom. The Hall–Kier alpha value is -3.84. The van der Waals surface area contributed by atoms with E-state index >= 15 is 0 Å². The van der Waals surface area contributed by atoms with Gasteiger partial charge in [-0.15, -0.1) is 0 Å². The first-order valence-corrected chi connectivity index (χ1v) is 14.1. The zero-order valence-electron chi connectivity index (χ0n) is 23.3. The molecule has 5 rings (SSSR count). The van der Waals surface area contributed by atoms with E-state index in [1.165, 1.54) is 0 Å². The minimum atomic E-state index is -5.08. The fraction of sp³-hybridized carbons (Fsp3) is 0.480. The van der Waals surface area contributed by atoms with Crippen LogP contribution in [0.2, 0.25) is 0 Å². The van der Waals surface area contributed by atoms with Crippen molar-refractivity contribution in [3.05, 3.63) is 42.1 Å². The molecule has 19 heteroatoms. The number of nitrogens with zero attached hydrogens (tertiary/aromatic N) is 4. The summed E-state index contributed by atoms with van der Waals surface area (Å²) >= 11 is 0. The summed E-state index contributed by atoms with van der Waals surface area (Å²) in [5, 5.41) is 14.2. The van der Waals surface area contributed by atoms with E-state index in [1.807, 2.05) is 44.0 Å². The Kier molecular flexibility index (Phi) is 10.3. The molecule has 0 amide bonds. The molecule has 1 saturated heterocycles. The fourth-order valence-corrected chi connectivity index (χ4v) is 6.89. The normalized spacial score (nSPS) is 20.8. The smallest absolute Gasteiger partial charge is 0.475 e. The van der Waals surface area contributed by atoms with Crippen molar-refractivity contribution < 1.29 is 64.0 Å². The van der Waals surface area contributed by atoms with Crippen LogP contribution >= 0.6 is 0 Å². The van der Waals surface area contributed by atoms with E-state index in [0.29, 0.717) is 12.4 Å². The SMILES string of the molecule is CC(C)N1C2CN(Cc3ccc4c(c3)OCO4)CC2N(C)c2ncccc2S1(=O)=O.O=C(O)C(F)(F)F.O=C(O)C(F)(F)F. The maximum Gasteiger partial charge on any atom is 0.490 e. The Morgan fingerprint density at radius 2 is 1.52 bits per heavy atom. The second-order valence-electron chi connectivity index (χ2n) is 9.99. The van der Waals surface area contributed by atoms with E-state index in [-0.39, 0.29) is 29.8 Å². The highest BCUT2D eigenvalue weighted by Crippen LogP contribution is 2.38. The van der Waals surface area contributed by atoms with Gasteiger partial charge in [-0.2, -0.15) is 30.6 Å². The van der Waals surface area contributed by atoms with Gasteiger partial charge in [0.1, 0.15) is 10.7 Å². The topological polar surface area (TPSA) is 150 Å². The molecule has 1 fully saturated rings. The fourth-order valence-electron chi connectivity index (χ4n) is 4.86. The van der Waals surface area contributed by atoms with Crippen LogP contribution in [0, 0.1) is 0 Å². The number of alkyl halides is 6. The number of sulfonamides is 1. The quantitative estimate of drug-likeness (QED) is 0.469. The highest BCUT2D eigenvalue weighted by Gasteiger charge is 2.49. The van der Waals surface area contributed by atoms with Gasteiger partial charge in [-0.3, -0.25) is 4.90 Å². The van der Waals surface area contributed by atoms with Crippen LogP contribution in [0.5, 0.6) is 11.5 Å². The summed E-state index contributed by atoms with van der Waals surface area (Å²) in [6.45, 7) is 6.27. The molecule has 2 unspecified atom stereocenters. The molecule has 0 saturated carbocycles. The lowest BCUT2D eigenvalue weighted by Crippen LogP contribution is -2.52. The number of hydrogen-bond acceptors (Lipinski definition) is 9. The maximum atomic E-state index is 13.6. The van der Waals surface area contributed by atoms with Crippen molar-refractivity contribution in [2.45, 2.75) is 55.8 Å². The molecule has 0 spiro atoms. The predicted octanol–water partition coefficient (Wildman–Crippen LogP) is 3.18. The third-order valence-corrected chi connectivity index (χ3v) is 8.76. The van der Waals surface area contributed by atoms with Gasteiger partial charge >= 0.3 is 24.3 Å². The van der Waals surface area contributed by atoms with Crippen LogP contribution in [-0.2, 0) is 26.2 Å². The Bertz CT molecular complexity index is 1450. The van der Waals surface area contributed by atoms with E-state index in [0.717, 1.165) is 30.2 Å². The Balaban J connectivity index is 0.000000317. The van der Waals surface area contributed by atoms with Gasteiger partial charge < -0.3 is 24.6 Å². The summed E-state index contributed by atoms with van der Waals surface area (Å²) < 4.78 is 103. The third-order valence-electron chi connectivity index (χ3n) is 6.64. The zero-order chi connectivity index (χ0) is 33.2. The van der Waals surface area contributed by atoms with Gasteiger partial charge in [0.25, 0.3) is 0 Å². The first-order chi connectivity index (χ1) is 20.2. The number of aliphatic carboxylic acids is 2. The maximum absolute atomic E-state index is 13.6. The van der Waals surface area contributed by atoms with Gasteiger partial charge in [0, 0.05) is 38.9 Å². The van der Waals surface area contributed by atoms with E-state index in [4.69, 9.17) is 29.3 Å². The number of carbonyl (C=O) groups is 2. The monoisotopic (exact) mass is 658 g/mol. The number of aromatic nitrogens is 1. The number of pyridine rings is 1. The molecule has 1 aromatic heterocycles. The van der Waals surface area contributed by atoms with Crippen LogP contribution in [0.15, 0.2) is 41.4 Å². The lowest BCUT2D eigenvalue weighted by molar-refractivity contribution is -0.193. The minimum Gasteiger partial charge on any atom is -0.475 e. The van der Waals surface area contributed by atoms with Crippen LogP contribution in [0.4, 0.5) is 32.2 Å². The summed E-state index contributed by atoms with van der Waals surface area (Å²) in [7, 11) is -1.69. The number of halogens is 6. The molecule has 1 aromatic carbocycles. The zero-order valence-corrected chi connectivity index (χ0v) is 24.1. The van der Waals surface area contributed by atoms with Gasteiger partial charge in [0.05, 0.1) is 12.1 Å². The summed E-state index contributed by atoms with van der Waals surface area (Å²) in [6, 6.07) is 9.06. The van der Waals surface area contributed by atoms with Crippen LogP contribution in [-0.4, -0.2) is 102 Å². The molecule has 2 aromatic rings. The number of likely N-dealkylation sites (tertiary alicyclic amines) is 1. The standard InChI is InChI=1S/C21H26N4O4S.2C2HF3O2/c1-14(2)25-17-12-24(10-15-6-7-18-19(9-15)29-13-28-18)11-16(17)23(3)21-20(30(25,26)27)5-4-8-22-21;2*3-2(4,5)1(6)7/h4-9,14,16-17H,10-13H2,1-3H3;2*(H,6,7). The molecule has 2 atom stereocenters. The number of hydrogen-bond donors (Lipinski definition) is 2. The lowest BCUT2D eigenvalue weighted by atomic mass is 10.1. The molecule has 0 aliphatic carbocycles. The number of benzene rings is 1. The molecule has 0 bridgehead atoms. The van der Waals surface area contributed by atoms with Crippen LogP contribution in [0.3, 0.4) is 0 Å². The number of anilines is 1. The number of rotatable bonds is 3. The average molecular weight is 659 g/mol. The number of carboxylic acids is 2. The van der Waals surface area contributed by atoms with Crippen molar-refractivity contribution in [1.29, 1.82) is 0 Å². The molecular weight excluding hydrogens is 630 g/mol. The summed E-state index contributed by atoms with van der Waals surface area (Å²) in [5.41, 5.74) is 1.12. The summed E-state index contributed by atoms with van der Waals surface area (Å²) in [6.07, 6.45) is -8.51. The summed E-state index contributed by atoms with van der Waals surface area (Å²) in [5.74, 6) is -3.45. The lowest BCUT2D eigenvalue weighted by Gasteiger charge is -2.34. The Morgan fingerprint density at radius 3 is 2.07 bits per heavy atom. The van der Waals surface area contributed by atoms with E-state index in [2.05, 4.69) is 9.88 Å². The minimum absolute atomic E-state index is 0.0207. The van der Waals surface area contributed by atoms with Gasteiger partial charge in [0.2, 0.25) is 16.8 Å². The van der Waals surface area contributed by atoms with Crippen molar-refractivity contribution in [3.63, 3.8) is 0 Å². The molecule has 44 heavy (non-hydrogen) atoms. The van der Waals surface area contributed by atoms with Crippen molar-refractivity contribution in [1.82, 2.24) is 14.2 Å². The van der Waals surface area contributed by atoms with Crippen molar-refractivity contribution in [3.8, 4) is 11.5 Å². The molecule has 4 heterocycles. The first-order valence-electron chi connectivity index (χ1n) is 12.7. The van der Waals surface area contributed by atoms with Crippen molar-refractivity contribution in [2.24, 2.45) is 0 Å². The highest BCUT2D eigenvalue weighted by atomic mass is 32.2. The van der Waals surface area contributed by atoms with E-state index in [1.54, 1.807) is 22.6 Å². The number of ether oxygens (including phenoxy) is 2. The average Bonchev–Trinajstić information content (AvgIpc) is 3.53. The van der Waals surface area contributed by atoms with Gasteiger partial charge in [-0.25, -0.2) is 23.0 Å². The van der Waals surface area contributed by atoms with Crippen LogP contribution in [0.25, 0.3) is 0 Å². The van der Waals surface area contributed by atoms with E-state index in [9.17, 15) is 34.8 Å². The molecule has 3 aliphatic rings. The second-order valence-corrected chi connectivity index (χ2v) is 11.8. The molecule has 244 valence electrons. The third kappa shape index (κ3) is 7.81. The first kappa shape index (κ1) is 34.6. The largest absolute Gasteiger partial charge is 0.490 e. The number of fused-ring (bicyclic) bond motifs is 3.